The van der Waals surface area contributed by atoms with Crippen molar-refractivity contribution in [1.29, 1.82) is 0 Å². The molecule has 0 aromatic rings. The van der Waals surface area contributed by atoms with Gasteiger partial charge in [-0.05, 0) is 26.4 Å². The van der Waals surface area contributed by atoms with Gasteiger partial charge in [-0.15, -0.1) is 0 Å². The maximum atomic E-state index is 10.1. The van der Waals surface area contributed by atoms with Crippen molar-refractivity contribution in [3.8, 4) is 11.8 Å². The number of nitrogens with zero attached hydrogens (tertiary/aromatic N) is 1. The number of rotatable bonds is 1. The van der Waals surface area contributed by atoms with Crippen molar-refractivity contribution in [2.24, 2.45) is 0 Å². The fraction of sp³-hybridized carbons (Fsp3) is 0.667. The fourth-order valence-corrected chi connectivity index (χ4v) is 1.48. The van der Waals surface area contributed by atoms with E-state index in [-0.39, 0.29) is 0 Å². The van der Waals surface area contributed by atoms with E-state index in [1.807, 2.05) is 0 Å². The van der Waals surface area contributed by atoms with Gasteiger partial charge in [0.25, 0.3) is 0 Å². The molecule has 3 heteroatoms. The van der Waals surface area contributed by atoms with Gasteiger partial charge in [0.2, 0.25) is 0 Å². The second-order valence-electron chi connectivity index (χ2n) is 3.09. The summed E-state index contributed by atoms with van der Waals surface area (Å²) in [5.74, 6) is 3.77. The topological polar surface area (TPSA) is 40.5 Å². The first-order chi connectivity index (χ1) is 5.70. The third kappa shape index (κ3) is 2.55. The summed E-state index contributed by atoms with van der Waals surface area (Å²) >= 11 is 0. The minimum atomic E-state index is -1.03. The lowest BCUT2D eigenvalue weighted by molar-refractivity contribution is -0.130. The van der Waals surface area contributed by atoms with Crippen LogP contribution in [0, 0.1) is 11.8 Å². The van der Waals surface area contributed by atoms with Crippen molar-refractivity contribution in [2.75, 3.05) is 13.6 Å². The smallest absolute Gasteiger partial charge is 0.381 e. The molecule has 0 bridgehead atoms. The standard InChI is InChI=1S/C9H13NO2/c1-10-7-3-5-8(10)4-2-6-9(11)12/h8H,3-5,7H2,1H3,(H,11,12). The molecule has 0 spiro atoms. The van der Waals surface area contributed by atoms with Crippen LogP contribution in [-0.2, 0) is 4.79 Å². The Hall–Kier alpha value is -1.01. The summed E-state index contributed by atoms with van der Waals surface area (Å²) in [6.45, 7) is 1.11. The average molecular weight is 167 g/mol. The molecule has 1 heterocycles. The van der Waals surface area contributed by atoms with Gasteiger partial charge in [0, 0.05) is 18.4 Å². The predicted molar refractivity (Wildman–Crippen MR) is 45.7 cm³/mol. The Bertz CT molecular complexity index is 226. The molecular formula is C9H13NO2. The number of carbonyl (C=O) groups is 1. The molecule has 0 radical (unpaired) electrons. The van der Waals surface area contributed by atoms with E-state index in [9.17, 15) is 4.79 Å². The van der Waals surface area contributed by atoms with Crippen molar-refractivity contribution in [1.82, 2.24) is 4.90 Å². The lowest BCUT2D eigenvalue weighted by Crippen LogP contribution is -2.24. The van der Waals surface area contributed by atoms with Crippen molar-refractivity contribution in [2.45, 2.75) is 25.3 Å². The molecule has 0 saturated carbocycles. The van der Waals surface area contributed by atoms with Crippen LogP contribution in [0.25, 0.3) is 0 Å². The lowest BCUT2D eigenvalue weighted by atomic mass is 10.1. The van der Waals surface area contributed by atoms with Crippen LogP contribution >= 0.6 is 0 Å². The number of carboxylic acid groups (broad SMARTS) is 1. The van der Waals surface area contributed by atoms with Crippen LogP contribution in [0.5, 0.6) is 0 Å². The van der Waals surface area contributed by atoms with E-state index < -0.39 is 5.97 Å². The van der Waals surface area contributed by atoms with Crippen molar-refractivity contribution in [3.05, 3.63) is 0 Å². The molecule has 1 atom stereocenters. The van der Waals surface area contributed by atoms with Gasteiger partial charge in [-0.2, -0.15) is 0 Å². The number of hydrogen-bond donors (Lipinski definition) is 1. The lowest BCUT2D eigenvalue weighted by Gasteiger charge is -2.15. The maximum absolute atomic E-state index is 10.1. The van der Waals surface area contributed by atoms with Crippen LogP contribution in [-0.4, -0.2) is 35.6 Å². The second kappa shape index (κ2) is 4.13. The van der Waals surface area contributed by atoms with E-state index in [1.165, 1.54) is 6.42 Å². The van der Waals surface area contributed by atoms with Gasteiger partial charge in [0.15, 0.2) is 0 Å². The molecule has 1 N–H and O–H groups in total. The first kappa shape index (κ1) is 9.08. The third-order valence-corrected chi connectivity index (χ3v) is 2.20. The zero-order valence-corrected chi connectivity index (χ0v) is 7.21. The van der Waals surface area contributed by atoms with E-state index in [0.717, 1.165) is 13.0 Å². The van der Waals surface area contributed by atoms with Gasteiger partial charge < -0.3 is 10.0 Å². The van der Waals surface area contributed by atoms with Gasteiger partial charge >= 0.3 is 5.97 Å². The zero-order chi connectivity index (χ0) is 8.97. The van der Waals surface area contributed by atoms with E-state index >= 15 is 0 Å². The summed E-state index contributed by atoms with van der Waals surface area (Å²) in [5, 5.41) is 8.27. The predicted octanol–water partition coefficient (Wildman–Crippen LogP) is 0.559. The Labute approximate surface area is 72.4 Å². The van der Waals surface area contributed by atoms with Crippen molar-refractivity contribution < 1.29 is 9.90 Å². The maximum Gasteiger partial charge on any atom is 0.381 e. The zero-order valence-electron chi connectivity index (χ0n) is 7.21. The number of likely N-dealkylation sites (tertiary alicyclic amines) is 1. The number of carboxylic acids is 1. The van der Waals surface area contributed by atoms with Gasteiger partial charge in [-0.25, -0.2) is 4.79 Å². The largest absolute Gasteiger partial charge is 0.472 e. The quantitative estimate of drug-likeness (QED) is 0.580. The van der Waals surface area contributed by atoms with Gasteiger partial charge in [0.05, 0.1) is 0 Å². The highest BCUT2D eigenvalue weighted by Crippen LogP contribution is 2.16. The van der Waals surface area contributed by atoms with Crippen LogP contribution in [0.1, 0.15) is 19.3 Å². The van der Waals surface area contributed by atoms with Crippen LogP contribution in [0.4, 0.5) is 0 Å². The van der Waals surface area contributed by atoms with Crippen molar-refractivity contribution in [3.63, 3.8) is 0 Å². The summed E-state index contributed by atoms with van der Waals surface area (Å²) in [4.78, 5) is 12.3. The minimum absolute atomic E-state index is 0.469. The molecule has 0 aliphatic carbocycles. The van der Waals surface area contributed by atoms with Gasteiger partial charge in [-0.3, -0.25) is 0 Å². The fourth-order valence-electron chi connectivity index (χ4n) is 1.48. The normalized spacial score (nSPS) is 23.2. The van der Waals surface area contributed by atoms with Gasteiger partial charge in [-0.1, -0.05) is 5.92 Å². The monoisotopic (exact) mass is 167 g/mol. The molecular weight excluding hydrogens is 154 g/mol. The van der Waals surface area contributed by atoms with E-state index in [4.69, 9.17) is 5.11 Å². The Kier molecular flexibility index (Phi) is 3.12. The SMILES string of the molecule is CN1CCCC1CC#CC(=O)O. The van der Waals surface area contributed by atoms with Crippen LogP contribution in [0.3, 0.4) is 0 Å². The first-order valence-corrected chi connectivity index (χ1v) is 4.12. The summed E-state index contributed by atoms with van der Waals surface area (Å²) in [6, 6.07) is 0.469. The Morgan fingerprint density at radius 2 is 2.50 bits per heavy atom. The van der Waals surface area contributed by atoms with E-state index in [0.29, 0.717) is 12.5 Å². The minimum Gasteiger partial charge on any atom is -0.472 e. The first-order valence-electron chi connectivity index (χ1n) is 4.12. The Balaban J connectivity index is 2.33. The molecule has 1 rings (SSSR count). The molecule has 1 unspecified atom stereocenters. The molecule has 0 aromatic carbocycles. The van der Waals surface area contributed by atoms with E-state index in [1.54, 1.807) is 0 Å². The van der Waals surface area contributed by atoms with Crippen LogP contribution in [0.2, 0.25) is 0 Å². The molecule has 1 saturated heterocycles. The summed E-state index contributed by atoms with van der Waals surface area (Å²) in [7, 11) is 2.06. The molecule has 1 aliphatic heterocycles. The molecule has 1 fully saturated rings. The molecule has 66 valence electrons. The van der Waals surface area contributed by atoms with Gasteiger partial charge in [0.1, 0.15) is 0 Å². The van der Waals surface area contributed by atoms with E-state index in [2.05, 4.69) is 23.8 Å². The third-order valence-electron chi connectivity index (χ3n) is 2.20. The molecule has 12 heavy (non-hydrogen) atoms. The van der Waals surface area contributed by atoms with Crippen molar-refractivity contribution >= 4 is 5.97 Å². The highest BCUT2D eigenvalue weighted by Gasteiger charge is 2.19. The second-order valence-corrected chi connectivity index (χ2v) is 3.09. The summed E-state index contributed by atoms with van der Waals surface area (Å²) < 4.78 is 0. The molecule has 1 aliphatic rings. The Morgan fingerprint density at radius 3 is 3.00 bits per heavy atom. The highest BCUT2D eigenvalue weighted by molar-refractivity contribution is 5.86. The summed E-state index contributed by atoms with van der Waals surface area (Å²) in [6.07, 6.45) is 3.03. The highest BCUT2D eigenvalue weighted by atomic mass is 16.4. The number of aliphatic carboxylic acids is 1. The Morgan fingerprint density at radius 1 is 1.75 bits per heavy atom. The van der Waals surface area contributed by atoms with Crippen LogP contribution < -0.4 is 0 Å². The molecule has 3 nitrogen and oxygen atoms in total. The van der Waals surface area contributed by atoms with Crippen LogP contribution in [0.15, 0.2) is 0 Å². The number of hydrogen-bond acceptors (Lipinski definition) is 2. The molecule has 0 amide bonds. The average Bonchev–Trinajstić information content (AvgIpc) is 2.36. The molecule has 0 aromatic heterocycles. The summed E-state index contributed by atoms with van der Waals surface area (Å²) in [5.41, 5.74) is 0.